The van der Waals surface area contributed by atoms with Gasteiger partial charge in [0, 0.05) is 10.4 Å². The first-order valence-corrected chi connectivity index (χ1v) is 9.66. The summed E-state index contributed by atoms with van der Waals surface area (Å²) in [6, 6.07) is 18.2. The van der Waals surface area contributed by atoms with E-state index in [9.17, 15) is 4.79 Å². The Bertz CT molecular complexity index is 1220. The molecule has 138 valence electrons. The van der Waals surface area contributed by atoms with Gasteiger partial charge >= 0.3 is 5.97 Å². The number of benzene rings is 2. The number of nitrogens with zero attached hydrogens (tertiary/aromatic N) is 3. The van der Waals surface area contributed by atoms with Crippen LogP contribution >= 0.6 is 22.9 Å². The van der Waals surface area contributed by atoms with Crippen molar-refractivity contribution in [2.24, 2.45) is 0 Å². The van der Waals surface area contributed by atoms with Gasteiger partial charge in [0.15, 0.2) is 0 Å². The van der Waals surface area contributed by atoms with Crippen LogP contribution in [0.2, 0.25) is 5.02 Å². The summed E-state index contributed by atoms with van der Waals surface area (Å²) in [6.45, 7) is 2.06. The van der Waals surface area contributed by atoms with E-state index in [1.807, 2.05) is 31.2 Å². The Morgan fingerprint density at radius 3 is 2.75 bits per heavy atom. The van der Waals surface area contributed by atoms with Gasteiger partial charge in [0.05, 0.1) is 23.0 Å². The molecule has 0 saturated heterocycles. The Morgan fingerprint density at radius 1 is 1.25 bits per heavy atom. The normalized spacial score (nSPS) is 10.8. The SMILES string of the molecule is Cc1nn(-c2cccc(Cl)c2)c2sc(C(=O)OCc3ccc(C#N)cc3)cc12. The fraction of sp³-hybridized carbons (Fsp3) is 0.0952. The summed E-state index contributed by atoms with van der Waals surface area (Å²) in [5.74, 6) is -0.386. The number of nitriles is 1. The number of carbonyl (C=O) groups is 1. The average molecular weight is 408 g/mol. The Hall–Kier alpha value is -3.14. The molecule has 0 unspecified atom stereocenters. The van der Waals surface area contributed by atoms with Gasteiger partial charge in [-0.15, -0.1) is 11.3 Å². The van der Waals surface area contributed by atoms with E-state index in [4.69, 9.17) is 21.6 Å². The van der Waals surface area contributed by atoms with Crippen LogP contribution in [0.3, 0.4) is 0 Å². The van der Waals surface area contributed by atoms with E-state index < -0.39 is 0 Å². The number of hydrogen-bond acceptors (Lipinski definition) is 5. The summed E-state index contributed by atoms with van der Waals surface area (Å²) in [7, 11) is 0. The molecule has 2 aromatic carbocycles. The second kappa shape index (κ2) is 7.47. The Kier molecular flexibility index (Phi) is 4.86. The van der Waals surface area contributed by atoms with Crippen molar-refractivity contribution < 1.29 is 9.53 Å². The molecule has 0 saturated carbocycles. The van der Waals surface area contributed by atoms with E-state index in [0.29, 0.717) is 15.5 Å². The van der Waals surface area contributed by atoms with Gasteiger partial charge in [0.2, 0.25) is 0 Å². The van der Waals surface area contributed by atoms with Gasteiger partial charge in [0.1, 0.15) is 16.3 Å². The highest BCUT2D eigenvalue weighted by Crippen LogP contribution is 2.31. The summed E-state index contributed by atoms with van der Waals surface area (Å²) in [5, 5.41) is 14.9. The van der Waals surface area contributed by atoms with Crippen molar-refractivity contribution in [2.75, 3.05) is 0 Å². The van der Waals surface area contributed by atoms with Crippen molar-refractivity contribution in [3.05, 3.63) is 81.3 Å². The van der Waals surface area contributed by atoms with E-state index in [-0.39, 0.29) is 12.6 Å². The number of ether oxygens (including phenoxy) is 1. The number of carbonyl (C=O) groups excluding carboxylic acids is 1. The van der Waals surface area contributed by atoms with Gasteiger partial charge in [-0.05, 0) is 48.9 Å². The van der Waals surface area contributed by atoms with Crippen molar-refractivity contribution in [3.8, 4) is 11.8 Å². The zero-order valence-electron chi connectivity index (χ0n) is 14.8. The van der Waals surface area contributed by atoms with Crippen molar-refractivity contribution in [3.63, 3.8) is 0 Å². The Labute approximate surface area is 170 Å². The predicted octanol–water partition coefficient (Wildman–Crippen LogP) is 5.28. The molecule has 2 aromatic heterocycles. The number of fused-ring (bicyclic) bond motifs is 1. The summed E-state index contributed by atoms with van der Waals surface area (Å²) < 4.78 is 7.22. The largest absolute Gasteiger partial charge is 0.457 e. The quantitative estimate of drug-likeness (QED) is 0.432. The Morgan fingerprint density at radius 2 is 2.04 bits per heavy atom. The summed E-state index contributed by atoms with van der Waals surface area (Å²) in [6.07, 6.45) is 0. The number of rotatable bonds is 4. The summed E-state index contributed by atoms with van der Waals surface area (Å²) in [4.78, 5) is 13.9. The van der Waals surface area contributed by atoms with E-state index in [0.717, 1.165) is 27.2 Å². The van der Waals surface area contributed by atoms with Crippen LogP contribution in [0.25, 0.3) is 15.9 Å². The number of aryl methyl sites for hydroxylation is 1. The second-order valence-electron chi connectivity index (χ2n) is 6.19. The van der Waals surface area contributed by atoms with E-state index in [2.05, 4.69) is 11.2 Å². The fourth-order valence-electron chi connectivity index (χ4n) is 2.83. The van der Waals surface area contributed by atoms with Crippen LogP contribution in [0.15, 0.2) is 54.6 Å². The average Bonchev–Trinajstić information content (AvgIpc) is 3.27. The monoisotopic (exact) mass is 407 g/mol. The predicted molar refractivity (Wildman–Crippen MR) is 109 cm³/mol. The summed E-state index contributed by atoms with van der Waals surface area (Å²) in [5.41, 5.74) is 3.07. The highest BCUT2D eigenvalue weighted by molar-refractivity contribution is 7.20. The van der Waals surface area contributed by atoms with Gasteiger partial charge in [-0.3, -0.25) is 0 Å². The first-order valence-electron chi connectivity index (χ1n) is 8.46. The number of hydrogen-bond donors (Lipinski definition) is 0. The highest BCUT2D eigenvalue weighted by Gasteiger charge is 2.18. The number of halogens is 1. The third kappa shape index (κ3) is 3.50. The summed E-state index contributed by atoms with van der Waals surface area (Å²) >= 11 is 7.43. The molecule has 4 rings (SSSR count). The van der Waals surface area contributed by atoms with Crippen LogP contribution in [-0.2, 0) is 11.3 Å². The molecule has 0 fully saturated rings. The maximum Gasteiger partial charge on any atom is 0.348 e. The van der Waals surface area contributed by atoms with Crippen LogP contribution in [0.1, 0.15) is 26.5 Å². The second-order valence-corrected chi connectivity index (χ2v) is 7.66. The van der Waals surface area contributed by atoms with Gasteiger partial charge < -0.3 is 4.74 Å². The third-order valence-corrected chi connectivity index (χ3v) is 5.58. The molecule has 0 aliphatic heterocycles. The smallest absolute Gasteiger partial charge is 0.348 e. The maximum absolute atomic E-state index is 12.5. The fourth-order valence-corrected chi connectivity index (χ4v) is 4.09. The molecule has 4 aromatic rings. The van der Waals surface area contributed by atoms with Gasteiger partial charge in [-0.25, -0.2) is 9.48 Å². The molecule has 0 aliphatic carbocycles. The van der Waals surface area contributed by atoms with E-state index in [1.54, 1.807) is 35.0 Å². The molecule has 5 nitrogen and oxygen atoms in total. The number of aromatic nitrogens is 2. The number of thiophene rings is 1. The van der Waals surface area contributed by atoms with Crippen LogP contribution in [-0.4, -0.2) is 15.7 Å². The molecule has 0 amide bonds. The Balaban J connectivity index is 1.58. The number of esters is 1. The third-order valence-electron chi connectivity index (χ3n) is 4.25. The van der Waals surface area contributed by atoms with Gasteiger partial charge in [0.25, 0.3) is 0 Å². The maximum atomic E-state index is 12.5. The van der Waals surface area contributed by atoms with Crippen LogP contribution in [0.4, 0.5) is 0 Å². The zero-order valence-corrected chi connectivity index (χ0v) is 16.4. The first-order chi connectivity index (χ1) is 13.5. The molecule has 0 spiro atoms. The van der Waals surface area contributed by atoms with Crippen LogP contribution in [0, 0.1) is 18.3 Å². The van der Waals surface area contributed by atoms with Crippen molar-refractivity contribution in [2.45, 2.75) is 13.5 Å². The minimum atomic E-state index is -0.386. The topological polar surface area (TPSA) is 67.9 Å². The minimum absolute atomic E-state index is 0.151. The molecule has 0 atom stereocenters. The first kappa shape index (κ1) is 18.2. The van der Waals surface area contributed by atoms with Gasteiger partial charge in [-0.2, -0.15) is 10.4 Å². The lowest BCUT2D eigenvalue weighted by Crippen LogP contribution is -2.03. The molecule has 2 heterocycles. The zero-order chi connectivity index (χ0) is 19.7. The van der Waals surface area contributed by atoms with Crippen LogP contribution < -0.4 is 0 Å². The van der Waals surface area contributed by atoms with Crippen molar-refractivity contribution in [1.82, 2.24) is 9.78 Å². The molecular weight excluding hydrogens is 394 g/mol. The molecular formula is C21H14ClN3O2S. The molecule has 7 heteroatoms. The molecule has 28 heavy (non-hydrogen) atoms. The van der Waals surface area contributed by atoms with Crippen molar-refractivity contribution in [1.29, 1.82) is 5.26 Å². The molecule has 0 radical (unpaired) electrons. The van der Waals surface area contributed by atoms with Gasteiger partial charge in [-0.1, -0.05) is 29.8 Å². The lowest BCUT2D eigenvalue weighted by molar-refractivity contribution is 0.0478. The molecule has 0 N–H and O–H groups in total. The molecule has 0 aliphatic rings. The van der Waals surface area contributed by atoms with Crippen molar-refractivity contribution >= 4 is 39.1 Å². The lowest BCUT2D eigenvalue weighted by Gasteiger charge is -2.04. The molecule has 0 bridgehead atoms. The van der Waals surface area contributed by atoms with E-state index in [1.165, 1.54) is 11.3 Å². The van der Waals surface area contributed by atoms with E-state index >= 15 is 0 Å². The lowest BCUT2D eigenvalue weighted by atomic mass is 10.2. The van der Waals surface area contributed by atoms with Crippen LogP contribution in [0.5, 0.6) is 0 Å². The minimum Gasteiger partial charge on any atom is -0.457 e. The standard InChI is InChI=1S/C21H14ClN3O2S/c1-13-18-10-19(21(26)27-12-15-7-5-14(11-23)6-8-15)28-20(18)25(24-13)17-4-2-3-16(22)9-17/h2-10H,12H2,1H3. The highest BCUT2D eigenvalue weighted by atomic mass is 35.5.